The van der Waals surface area contributed by atoms with Gasteiger partial charge in [0.1, 0.15) is 5.75 Å². The number of rotatable bonds is 5. The van der Waals surface area contributed by atoms with Crippen LogP contribution in [0.3, 0.4) is 0 Å². The van der Waals surface area contributed by atoms with Gasteiger partial charge in [-0.1, -0.05) is 15.9 Å². The number of carbonyl (C=O) groups excluding carboxylic acids is 2. The average molecular weight is 459 g/mol. The van der Waals surface area contributed by atoms with Crippen LogP contribution in [0.5, 0.6) is 5.75 Å². The molecule has 2 aromatic rings. The van der Waals surface area contributed by atoms with Gasteiger partial charge in [0, 0.05) is 29.4 Å². The Balaban J connectivity index is 2.28. The number of nitrogens with zero attached hydrogens (tertiary/aromatic N) is 1. The Morgan fingerprint density at radius 2 is 2.04 bits per heavy atom. The first kappa shape index (κ1) is 17.5. The first-order chi connectivity index (χ1) is 11.5. The summed E-state index contributed by atoms with van der Waals surface area (Å²) in [6.45, 7) is 3.44. The maximum Gasteiger partial charge on any atom is 0.340 e. The molecule has 1 fully saturated rings. The lowest BCUT2D eigenvalue weighted by molar-refractivity contribution is -0.131. The van der Waals surface area contributed by atoms with Crippen LogP contribution >= 0.6 is 31.9 Å². The molecule has 24 heavy (non-hydrogen) atoms. The number of carbonyl (C=O) groups is 2. The summed E-state index contributed by atoms with van der Waals surface area (Å²) in [5.41, 5.74) is 2.38. The van der Waals surface area contributed by atoms with E-state index in [1.807, 2.05) is 6.07 Å². The van der Waals surface area contributed by atoms with E-state index >= 15 is 0 Å². The Labute approximate surface area is 156 Å². The molecule has 128 valence electrons. The highest BCUT2D eigenvalue weighted by Crippen LogP contribution is 2.44. The van der Waals surface area contributed by atoms with E-state index in [2.05, 4.69) is 36.4 Å². The summed E-state index contributed by atoms with van der Waals surface area (Å²) < 4.78 is 13.4. The number of ether oxygens (including phenoxy) is 2. The van der Waals surface area contributed by atoms with Crippen LogP contribution in [0.4, 0.5) is 0 Å². The van der Waals surface area contributed by atoms with Crippen LogP contribution in [-0.4, -0.2) is 23.1 Å². The van der Waals surface area contributed by atoms with Crippen molar-refractivity contribution in [3.05, 3.63) is 27.9 Å². The summed E-state index contributed by atoms with van der Waals surface area (Å²) in [4.78, 5) is 23.9. The zero-order valence-electron chi connectivity index (χ0n) is 13.4. The second kappa shape index (κ2) is 6.88. The molecule has 1 heterocycles. The second-order valence-corrected chi connectivity index (χ2v) is 7.09. The van der Waals surface area contributed by atoms with Crippen LogP contribution in [0, 0.1) is 0 Å². The van der Waals surface area contributed by atoms with Crippen LogP contribution in [0.1, 0.15) is 48.8 Å². The third-order valence-corrected chi connectivity index (χ3v) is 5.08. The number of alkyl halides is 1. The molecular formula is C17H17Br2NO4. The lowest BCUT2D eigenvalue weighted by atomic mass is 10.1. The van der Waals surface area contributed by atoms with E-state index in [1.54, 1.807) is 13.0 Å². The van der Waals surface area contributed by atoms with Gasteiger partial charge < -0.3 is 14.0 Å². The molecule has 0 bridgehead atoms. The average Bonchev–Trinajstić information content (AvgIpc) is 3.30. The fourth-order valence-corrected chi connectivity index (χ4v) is 3.87. The predicted molar refractivity (Wildman–Crippen MR) is 97.8 cm³/mol. The minimum Gasteiger partial charge on any atom is -0.462 e. The molecule has 1 aliphatic rings. The van der Waals surface area contributed by atoms with Gasteiger partial charge in [-0.15, -0.1) is 0 Å². The van der Waals surface area contributed by atoms with E-state index in [-0.39, 0.29) is 5.97 Å². The normalized spacial score (nSPS) is 14.0. The van der Waals surface area contributed by atoms with Gasteiger partial charge in [-0.2, -0.15) is 0 Å². The number of esters is 2. The lowest BCUT2D eigenvalue weighted by Gasteiger charge is -2.09. The SMILES string of the molecule is CCOC(=O)c1c(CBr)n(C2CC2)c2cc(Br)c(OC(C)=O)cc12. The van der Waals surface area contributed by atoms with E-state index < -0.39 is 5.97 Å². The zero-order valence-corrected chi connectivity index (χ0v) is 16.6. The van der Waals surface area contributed by atoms with E-state index in [0.29, 0.717) is 33.8 Å². The molecule has 1 aliphatic carbocycles. The van der Waals surface area contributed by atoms with Crippen molar-refractivity contribution in [3.8, 4) is 5.75 Å². The molecule has 0 saturated heterocycles. The van der Waals surface area contributed by atoms with E-state index in [4.69, 9.17) is 9.47 Å². The highest BCUT2D eigenvalue weighted by Gasteiger charge is 2.32. The standard InChI is InChI=1S/C17H17Br2NO4/c1-3-23-17(22)16-11-6-15(24-9(2)21)12(19)7-13(11)20(10-4-5-10)14(16)8-18/h6-7,10H,3-5,8H2,1-2H3. The van der Waals surface area contributed by atoms with Crippen LogP contribution < -0.4 is 4.74 Å². The van der Waals surface area contributed by atoms with Crippen molar-refractivity contribution in [1.29, 1.82) is 0 Å². The zero-order chi connectivity index (χ0) is 17.4. The molecule has 0 N–H and O–H groups in total. The molecule has 0 atom stereocenters. The van der Waals surface area contributed by atoms with Crippen molar-refractivity contribution < 1.29 is 19.1 Å². The number of hydrogen-bond donors (Lipinski definition) is 0. The number of aromatic nitrogens is 1. The van der Waals surface area contributed by atoms with Crippen molar-refractivity contribution in [2.75, 3.05) is 6.61 Å². The molecule has 5 nitrogen and oxygen atoms in total. The molecule has 1 aromatic carbocycles. The molecule has 0 aliphatic heterocycles. The Morgan fingerprint density at radius 1 is 1.33 bits per heavy atom. The van der Waals surface area contributed by atoms with Gasteiger partial charge >= 0.3 is 11.9 Å². The Hall–Kier alpha value is -1.34. The minimum absolute atomic E-state index is 0.310. The summed E-state index contributed by atoms with van der Waals surface area (Å²) >= 11 is 6.96. The highest BCUT2D eigenvalue weighted by molar-refractivity contribution is 9.10. The molecule has 7 heteroatoms. The largest absolute Gasteiger partial charge is 0.462 e. The van der Waals surface area contributed by atoms with Gasteiger partial charge in [0.2, 0.25) is 0 Å². The van der Waals surface area contributed by atoms with Crippen LogP contribution in [0.15, 0.2) is 16.6 Å². The van der Waals surface area contributed by atoms with Gasteiger partial charge in [-0.25, -0.2) is 4.79 Å². The molecule has 1 saturated carbocycles. The molecule has 0 spiro atoms. The third kappa shape index (κ3) is 3.11. The van der Waals surface area contributed by atoms with Gasteiger partial charge in [0.25, 0.3) is 0 Å². The smallest absolute Gasteiger partial charge is 0.340 e. The van der Waals surface area contributed by atoms with E-state index in [9.17, 15) is 9.59 Å². The van der Waals surface area contributed by atoms with E-state index in [1.165, 1.54) is 6.92 Å². The first-order valence-electron chi connectivity index (χ1n) is 7.75. The van der Waals surface area contributed by atoms with Gasteiger partial charge in [0.05, 0.1) is 22.2 Å². The molecular weight excluding hydrogens is 442 g/mol. The minimum atomic E-state index is -0.407. The maximum absolute atomic E-state index is 12.5. The number of halogens is 2. The quantitative estimate of drug-likeness (QED) is 0.369. The summed E-state index contributed by atoms with van der Waals surface area (Å²) in [6, 6.07) is 4.04. The van der Waals surface area contributed by atoms with Crippen LogP contribution in [0.25, 0.3) is 10.9 Å². The fourth-order valence-electron chi connectivity index (χ4n) is 2.91. The topological polar surface area (TPSA) is 57.5 Å². The summed E-state index contributed by atoms with van der Waals surface area (Å²) in [6.07, 6.45) is 2.19. The summed E-state index contributed by atoms with van der Waals surface area (Å²) in [7, 11) is 0. The molecule has 3 rings (SSSR count). The predicted octanol–water partition coefficient (Wildman–Crippen LogP) is 4.74. The Kier molecular flexibility index (Phi) is 5.01. The molecule has 0 unspecified atom stereocenters. The fraction of sp³-hybridized carbons (Fsp3) is 0.412. The molecule has 0 radical (unpaired) electrons. The van der Waals surface area contributed by atoms with Crippen molar-refractivity contribution in [3.63, 3.8) is 0 Å². The Morgan fingerprint density at radius 3 is 2.58 bits per heavy atom. The van der Waals surface area contributed by atoms with Crippen LogP contribution in [-0.2, 0) is 14.9 Å². The van der Waals surface area contributed by atoms with Crippen molar-refractivity contribution in [1.82, 2.24) is 4.57 Å². The molecule has 1 aromatic heterocycles. The third-order valence-electron chi connectivity index (χ3n) is 3.93. The Bertz CT molecular complexity index is 824. The number of fused-ring (bicyclic) bond motifs is 1. The number of benzene rings is 1. The van der Waals surface area contributed by atoms with Crippen molar-refractivity contribution in [2.45, 2.75) is 38.1 Å². The second-order valence-electron chi connectivity index (χ2n) is 5.67. The van der Waals surface area contributed by atoms with Gasteiger partial charge in [-0.3, -0.25) is 4.79 Å². The first-order valence-corrected chi connectivity index (χ1v) is 9.67. The van der Waals surface area contributed by atoms with Crippen molar-refractivity contribution >= 4 is 54.7 Å². The molecule has 0 amide bonds. The summed E-state index contributed by atoms with van der Waals surface area (Å²) in [5.74, 6) is -0.364. The van der Waals surface area contributed by atoms with E-state index in [0.717, 1.165) is 29.4 Å². The number of hydrogen-bond acceptors (Lipinski definition) is 4. The lowest BCUT2D eigenvalue weighted by Crippen LogP contribution is -2.08. The summed E-state index contributed by atoms with van der Waals surface area (Å²) in [5, 5.41) is 1.29. The van der Waals surface area contributed by atoms with Gasteiger partial charge in [-0.05, 0) is 47.8 Å². The maximum atomic E-state index is 12.5. The van der Waals surface area contributed by atoms with Crippen LogP contribution in [0.2, 0.25) is 0 Å². The highest BCUT2D eigenvalue weighted by atomic mass is 79.9. The van der Waals surface area contributed by atoms with Crippen molar-refractivity contribution in [2.24, 2.45) is 0 Å². The monoisotopic (exact) mass is 457 g/mol. The van der Waals surface area contributed by atoms with Gasteiger partial charge in [0.15, 0.2) is 0 Å².